The number of carbonyl (C=O) groups excluding carboxylic acids is 2. The van der Waals surface area contributed by atoms with E-state index in [1.165, 1.54) is 6.92 Å². The van der Waals surface area contributed by atoms with Crippen LogP contribution in [-0.2, 0) is 11.8 Å². The van der Waals surface area contributed by atoms with Gasteiger partial charge in [-0.1, -0.05) is 30.3 Å². The topological polar surface area (TPSA) is 39.1 Å². The molecule has 0 bridgehead atoms. The van der Waals surface area contributed by atoms with Crippen LogP contribution in [0, 0.1) is 6.92 Å². The molecule has 1 aromatic carbocycles. The number of rotatable bonds is 3. The van der Waals surface area contributed by atoms with Crippen molar-refractivity contribution in [1.29, 1.82) is 0 Å². The smallest absolute Gasteiger partial charge is 0.245 e. The number of nitrogens with zero attached hydrogens (tertiary/aromatic N) is 1. The average Bonchev–Trinajstić information content (AvgIpc) is 2.66. The van der Waals surface area contributed by atoms with Gasteiger partial charge < -0.3 is 4.57 Å². The maximum atomic E-state index is 12.0. The molecule has 2 rings (SSSR count). The monoisotopic (exact) mass is 241 g/mol. The minimum Gasteiger partial charge on any atom is -0.345 e. The Kier molecular flexibility index (Phi) is 3.15. The van der Waals surface area contributed by atoms with E-state index in [1.54, 1.807) is 11.6 Å². The Hall–Kier alpha value is -2.16. The van der Waals surface area contributed by atoms with E-state index in [0.29, 0.717) is 5.69 Å². The van der Waals surface area contributed by atoms with Crippen molar-refractivity contribution in [2.75, 3.05) is 0 Å². The molecule has 0 unspecified atom stereocenters. The second-order valence-electron chi connectivity index (χ2n) is 4.36. The van der Waals surface area contributed by atoms with E-state index in [9.17, 15) is 9.59 Å². The van der Waals surface area contributed by atoms with Gasteiger partial charge in [-0.25, -0.2) is 0 Å². The molecule has 3 nitrogen and oxygen atoms in total. The van der Waals surface area contributed by atoms with Crippen molar-refractivity contribution in [2.24, 2.45) is 7.05 Å². The fourth-order valence-electron chi connectivity index (χ4n) is 2.01. The maximum absolute atomic E-state index is 12.0. The van der Waals surface area contributed by atoms with Gasteiger partial charge in [0.2, 0.25) is 11.6 Å². The number of aromatic nitrogens is 1. The molecule has 2 aromatic rings. The van der Waals surface area contributed by atoms with E-state index in [-0.39, 0.29) is 0 Å². The summed E-state index contributed by atoms with van der Waals surface area (Å²) < 4.78 is 1.77. The Bertz CT molecular complexity index is 609. The van der Waals surface area contributed by atoms with Crippen LogP contribution in [0.15, 0.2) is 36.4 Å². The third-order valence-corrected chi connectivity index (χ3v) is 3.09. The molecule has 0 amide bonds. The summed E-state index contributed by atoms with van der Waals surface area (Å²) in [6, 6.07) is 11.6. The molecule has 0 atom stereocenters. The summed E-state index contributed by atoms with van der Waals surface area (Å²) in [7, 11) is 1.80. The molecule has 0 aliphatic rings. The molecule has 92 valence electrons. The van der Waals surface area contributed by atoms with Gasteiger partial charge in [0.1, 0.15) is 5.69 Å². The molecule has 0 N–H and O–H groups in total. The lowest BCUT2D eigenvalue weighted by Gasteiger charge is -2.05. The van der Waals surface area contributed by atoms with E-state index >= 15 is 0 Å². The molecule has 3 heteroatoms. The van der Waals surface area contributed by atoms with E-state index in [1.807, 2.05) is 43.3 Å². The molecular formula is C15H15NO2. The lowest BCUT2D eigenvalue weighted by molar-refractivity contribution is -0.113. The fraction of sp³-hybridized carbons (Fsp3) is 0.200. The van der Waals surface area contributed by atoms with Crippen LogP contribution in [-0.4, -0.2) is 16.1 Å². The van der Waals surface area contributed by atoms with Crippen molar-refractivity contribution in [3.63, 3.8) is 0 Å². The minimum atomic E-state index is -0.440. The first kappa shape index (κ1) is 12.3. The molecule has 0 radical (unpaired) electrons. The maximum Gasteiger partial charge on any atom is 0.245 e. The van der Waals surface area contributed by atoms with Gasteiger partial charge in [0.25, 0.3) is 0 Å². The minimum absolute atomic E-state index is 0.437. The van der Waals surface area contributed by atoms with Crippen LogP contribution in [0.1, 0.15) is 23.1 Å². The van der Waals surface area contributed by atoms with Crippen LogP contribution in [0.4, 0.5) is 0 Å². The van der Waals surface area contributed by atoms with Gasteiger partial charge in [-0.3, -0.25) is 9.59 Å². The Morgan fingerprint density at radius 1 is 1.11 bits per heavy atom. The lowest BCUT2D eigenvalue weighted by atomic mass is 10.0. The van der Waals surface area contributed by atoms with Gasteiger partial charge in [-0.15, -0.1) is 0 Å². The quantitative estimate of drug-likeness (QED) is 0.612. The van der Waals surface area contributed by atoms with Crippen molar-refractivity contribution in [3.8, 4) is 11.1 Å². The summed E-state index contributed by atoms with van der Waals surface area (Å²) in [5.74, 6) is -0.877. The summed E-state index contributed by atoms with van der Waals surface area (Å²) >= 11 is 0. The Morgan fingerprint density at radius 3 is 2.28 bits per heavy atom. The van der Waals surface area contributed by atoms with Crippen molar-refractivity contribution in [1.82, 2.24) is 4.57 Å². The molecule has 0 aliphatic carbocycles. The zero-order valence-electron chi connectivity index (χ0n) is 10.7. The molecule has 0 aliphatic heterocycles. The zero-order chi connectivity index (χ0) is 13.3. The average molecular weight is 241 g/mol. The van der Waals surface area contributed by atoms with Crippen LogP contribution in [0.2, 0.25) is 0 Å². The summed E-state index contributed by atoms with van der Waals surface area (Å²) in [5.41, 5.74) is 3.19. The van der Waals surface area contributed by atoms with E-state index in [2.05, 4.69) is 0 Å². The van der Waals surface area contributed by atoms with Gasteiger partial charge in [0.05, 0.1) is 0 Å². The summed E-state index contributed by atoms with van der Waals surface area (Å²) in [4.78, 5) is 23.3. The Labute approximate surface area is 106 Å². The molecular weight excluding hydrogens is 226 g/mol. The SMILES string of the molecule is CC(=O)C(=O)c1c(-c2ccccc2)cc(C)n1C. The Balaban J connectivity index is 2.66. The largest absolute Gasteiger partial charge is 0.345 e. The third-order valence-electron chi connectivity index (χ3n) is 3.09. The molecule has 18 heavy (non-hydrogen) atoms. The number of Topliss-reactive ketones (excluding diaryl/α,β-unsaturated/α-hetero) is 2. The molecule has 1 aromatic heterocycles. The highest BCUT2D eigenvalue weighted by Crippen LogP contribution is 2.27. The van der Waals surface area contributed by atoms with Crippen LogP contribution >= 0.6 is 0 Å². The molecule has 0 fully saturated rings. The zero-order valence-corrected chi connectivity index (χ0v) is 10.7. The Morgan fingerprint density at radius 2 is 1.72 bits per heavy atom. The van der Waals surface area contributed by atoms with Crippen LogP contribution in [0.5, 0.6) is 0 Å². The van der Waals surface area contributed by atoms with Gasteiger partial charge in [-0.2, -0.15) is 0 Å². The fourth-order valence-corrected chi connectivity index (χ4v) is 2.01. The highest BCUT2D eigenvalue weighted by molar-refractivity contribution is 6.43. The first-order valence-corrected chi connectivity index (χ1v) is 5.79. The number of ketones is 2. The van der Waals surface area contributed by atoms with Crippen molar-refractivity contribution in [2.45, 2.75) is 13.8 Å². The van der Waals surface area contributed by atoms with Gasteiger partial charge in [0.15, 0.2) is 0 Å². The molecule has 0 saturated heterocycles. The first-order valence-electron chi connectivity index (χ1n) is 5.79. The van der Waals surface area contributed by atoms with Crippen LogP contribution < -0.4 is 0 Å². The number of aryl methyl sites for hydroxylation is 1. The standard InChI is InChI=1S/C15H15NO2/c1-10-9-13(12-7-5-4-6-8-12)14(16(10)3)15(18)11(2)17/h4-9H,1-3H3. The second kappa shape index (κ2) is 4.61. The second-order valence-corrected chi connectivity index (χ2v) is 4.36. The number of carbonyl (C=O) groups is 2. The number of hydrogen-bond acceptors (Lipinski definition) is 2. The van der Waals surface area contributed by atoms with E-state index in [4.69, 9.17) is 0 Å². The van der Waals surface area contributed by atoms with Crippen LogP contribution in [0.3, 0.4) is 0 Å². The first-order chi connectivity index (χ1) is 8.52. The van der Waals surface area contributed by atoms with Crippen molar-refractivity contribution < 1.29 is 9.59 Å². The van der Waals surface area contributed by atoms with Gasteiger partial charge in [-0.05, 0) is 18.6 Å². The third kappa shape index (κ3) is 1.99. The summed E-state index contributed by atoms with van der Waals surface area (Å²) in [6.45, 7) is 3.22. The highest BCUT2D eigenvalue weighted by atomic mass is 16.2. The van der Waals surface area contributed by atoms with Crippen molar-refractivity contribution in [3.05, 3.63) is 47.8 Å². The number of hydrogen-bond donors (Lipinski definition) is 0. The normalized spacial score (nSPS) is 10.4. The predicted molar refractivity (Wildman–Crippen MR) is 70.6 cm³/mol. The summed E-state index contributed by atoms with van der Waals surface area (Å²) in [6.07, 6.45) is 0. The summed E-state index contributed by atoms with van der Waals surface area (Å²) in [5, 5.41) is 0. The van der Waals surface area contributed by atoms with E-state index < -0.39 is 11.6 Å². The highest BCUT2D eigenvalue weighted by Gasteiger charge is 2.21. The van der Waals surface area contributed by atoms with Gasteiger partial charge >= 0.3 is 0 Å². The number of benzene rings is 1. The lowest BCUT2D eigenvalue weighted by Crippen LogP contribution is -2.15. The van der Waals surface area contributed by atoms with Crippen LogP contribution in [0.25, 0.3) is 11.1 Å². The molecule has 0 saturated carbocycles. The van der Waals surface area contributed by atoms with Crippen molar-refractivity contribution >= 4 is 11.6 Å². The predicted octanol–water partition coefficient (Wildman–Crippen LogP) is 2.77. The van der Waals surface area contributed by atoms with E-state index in [0.717, 1.165) is 16.8 Å². The molecule has 1 heterocycles. The molecule has 0 spiro atoms. The van der Waals surface area contributed by atoms with Gasteiger partial charge in [0, 0.05) is 25.2 Å².